The number of hydrogen-bond donors (Lipinski definition) is 1. The molecule has 0 saturated heterocycles. The van der Waals surface area contributed by atoms with Crippen molar-refractivity contribution in [2.24, 2.45) is 0 Å². The van der Waals surface area contributed by atoms with Gasteiger partial charge in [-0.15, -0.1) is 11.3 Å². The van der Waals surface area contributed by atoms with Gasteiger partial charge in [0.1, 0.15) is 0 Å². The second kappa shape index (κ2) is 4.83. The molecule has 2 aromatic rings. The molecule has 0 radical (unpaired) electrons. The van der Waals surface area contributed by atoms with Crippen LogP contribution in [0.15, 0.2) is 34.5 Å². The van der Waals surface area contributed by atoms with Crippen LogP contribution in [0.4, 0.5) is 5.69 Å². The van der Waals surface area contributed by atoms with E-state index in [0.29, 0.717) is 18.0 Å². The predicted octanol–water partition coefficient (Wildman–Crippen LogP) is 2.46. The lowest BCUT2D eigenvalue weighted by atomic mass is 10.1. The molecule has 6 heteroatoms. The molecule has 110 valence electrons. The van der Waals surface area contributed by atoms with E-state index in [0.717, 1.165) is 30.6 Å². The van der Waals surface area contributed by atoms with Crippen molar-refractivity contribution in [3.8, 4) is 0 Å². The molecule has 0 atom stereocenters. The van der Waals surface area contributed by atoms with Crippen molar-refractivity contribution in [3.05, 3.63) is 45.6 Å². The number of hydrogen-bond acceptors (Lipinski definition) is 4. The number of nitrogens with one attached hydrogen (secondary N) is 1. The summed E-state index contributed by atoms with van der Waals surface area (Å²) in [5, 5.41) is 5.29. The number of nitrogens with zero attached hydrogens (tertiary/aromatic N) is 1. The van der Waals surface area contributed by atoms with Gasteiger partial charge in [-0.25, -0.2) is 8.42 Å². The zero-order valence-electron chi connectivity index (χ0n) is 11.5. The molecule has 2 aliphatic rings. The summed E-state index contributed by atoms with van der Waals surface area (Å²) in [5.74, 6) is 0. The molecule has 0 amide bonds. The zero-order valence-corrected chi connectivity index (χ0v) is 13.1. The summed E-state index contributed by atoms with van der Waals surface area (Å²) in [6, 6.07) is 7.49. The van der Waals surface area contributed by atoms with Gasteiger partial charge in [-0.3, -0.25) is 0 Å². The SMILES string of the molecule is O=S(=O)(c1ccc2c(c1)NCC2)N1CCc2sccc2C1. The van der Waals surface area contributed by atoms with Crippen LogP contribution in [0.5, 0.6) is 0 Å². The molecule has 4 rings (SSSR count). The van der Waals surface area contributed by atoms with Crippen LogP contribution in [-0.4, -0.2) is 25.8 Å². The lowest BCUT2D eigenvalue weighted by Gasteiger charge is -2.26. The summed E-state index contributed by atoms with van der Waals surface area (Å²) >= 11 is 1.72. The van der Waals surface area contributed by atoms with Crippen LogP contribution < -0.4 is 5.32 Å². The van der Waals surface area contributed by atoms with Crippen molar-refractivity contribution in [3.63, 3.8) is 0 Å². The predicted molar refractivity (Wildman–Crippen MR) is 84.3 cm³/mol. The smallest absolute Gasteiger partial charge is 0.243 e. The molecule has 0 aliphatic carbocycles. The summed E-state index contributed by atoms with van der Waals surface area (Å²) in [5.41, 5.74) is 3.31. The Morgan fingerprint density at radius 1 is 1.14 bits per heavy atom. The Labute approximate surface area is 128 Å². The lowest BCUT2D eigenvalue weighted by molar-refractivity contribution is 0.394. The van der Waals surface area contributed by atoms with E-state index in [1.54, 1.807) is 27.8 Å². The first-order valence-corrected chi connectivity index (χ1v) is 9.39. The maximum atomic E-state index is 12.8. The largest absolute Gasteiger partial charge is 0.384 e. The first-order chi connectivity index (χ1) is 10.1. The maximum absolute atomic E-state index is 12.8. The van der Waals surface area contributed by atoms with Crippen molar-refractivity contribution in [2.75, 3.05) is 18.4 Å². The Hall–Kier alpha value is -1.37. The van der Waals surface area contributed by atoms with Crippen molar-refractivity contribution in [2.45, 2.75) is 24.3 Å². The summed E-state index contributed by atoms with van der Waals surface area (Å²) in [4.78, 5) is 1.71. The highest BCUT2D eigenvalue weighted by atomic mass is 32.2. The molecule has 2 aliphatic heterocycles. The van der Waals surface area contributed by atoms with Crippen LogP contribution in [0.25, 0.3) is 0 Å². The molecule has 1 aromatic carbocycles. The fourth-order valence-corrected chi connectivity index (χ4v) is 5.34. The number of anilines is 1. The first kappa shape index (κ1) is 13.3. The highest BCUT2D eigenvalue weighted by Gasteiger charge is 2.29. The van der Waals surface area contributed by atoms with Crippen LogP contribution in [-0.2, 0) is 29.4 Å². The lowest BCUT2D eigenvalue weighted by Crippen LogP contribution is -2.35. The van der Waals surface area contributed by atoms with Gasteiger partial charge in [0.05, 0.1) is 4.90 Å². The average molecular weight is 320 g/mol. The summed E-state index contributed by atoms with van der Waals surface area (Å²) in [6.07, 6.45) is 1.78. The quantitative estimate of drug-likeness (QED) is 0.925. The third-order valence-corrected chi connectivity index (χ3v) is 7.07. The molecule has 1 N–H and O–H groups in total. The van der Waals surface area contributed by atoms with Crippen molar-refractivity contribution in [1.82, 2.24) is 4.31 Å². The molecule has 0 spiro atoms. The third-order valence-electron chi connectivity index (χ3n) is 4.20. The van der Waals surface area contributed by atoms with E-state index >= 15 is 0 Å². The monoisotopic (exact) mass is 320 g/mol. The highest BCUT2D eigenvalue weighted by molar-refractivity contribution is 7.89. The van der Waals surface area contributed by atoms with Gasteiger partial charge < -0.3 is 5.32 Å². The summed E-state index contributed by atoms with van der Waals surface area (Å²) < 4.78 is 27.2. The number of rotatable bonds is 2. The Morgan fingerprint density at radius 2 is 2.05 bits per heavy atom. The van der Waals surface area contributed by atoms with Crippen molar-refractivity contribution < 1.29 is 8.42 Å². The van der Waals surface area contributed by atoms with Crippen LogP contribution in [0.3, 0.4) is 0 Å². The van der Waals surface area contributed by atoms with Gasteiger partial charge in [0, 0.05) is 30.2 Å². The van der Waals surface area contributed by atoms with Gasteiger partial charge in [0.2, 0.25) is 10.0 Å². The summed E-state index contributed by atoms with van der Waals surface area (Å²) in [6.45, 7) is 1.95. The van der Waals surface area contributed by atoms with Gasteiger partial charge in [-0.2, -0.15) is 4.31 Å². The fourth-order valence-electron chi connectivity index (χ4n) is 3.01. The second-order valence-electron chi connectivity index (χ2n) is 5.45. The zero-order chi connectivity index (χ0) is 14.4. The van der Waals surface area contributed by atoms with Crippen LogP contribution in [0.2, 0.25) is 0 Å². The third kappa shape index (κ3) is 2.18. The molecule has 3 heterocycles. The molecule has 4 nitrogen and oxygen atoms in total. The topological polar surface area (TPSA) is 49.4 Å². The fraction of sp³-hybridized carbons (Fsp3) is 0.333. The van der Waals surface area contributed by atoms with Crippen LogP contribution in [0.1, 0.15) is 16.0 Å². The minimum atomic E-state index is -3.41. The Bertz CT molecular complexity index is 796. The molecule has 0 unspecified atom stereocenters. The molecule has 21 heavy (non-hydrogen) atoms. The van der Waals surface area contributed by atoms with Crippen LogP contribution in [0, 0.1) is 0 Å². The number of benzene rings is 1. The van der Waals surface area contributed by atoms with Gasteiger partial charge >= 0.3 is 0 Å². The molecule has 0 saturated carbocycles. The van der Waals surface area contributed by atoms with Gasteiger partial charge in [0.25, 0.3) is 0 Å². The number of thiophene rings is 1. The molecule has 1 aromatic heterocycles. The number of fused-ring (bicyclic) bond motifs is 2. The first-order valence-electron chi connectivity index (χ1n) is 7.07. The Balaban J connectivity index is 1.68. The van der Waals surface area contributed by atoms with Gasteiger partial charge in [0.15, 0.2) is 0 Å². The minimum Gasteiger partial charge on any atom is -0.384 e. The standard InChI is InChI=1S/C15H16N2O2S2/c18-21(19,13-2-1-11-3-6-16-14(11)9-13)17-7-4-15-12(10-17)5-8-20-15/h1-2,5,8-9,16H,3-4,6-7,10H2. The highest BCUT2D eigenvalue weighted by Crippen LogP contribution is 2.31. The second-order valence-corrected chi connectivity index (χ2v) is 8.39. The van der Waals surface area contributed by atoms with Gasteiger partial charge in [-0.05, 0) is 47.5 Å². The van der Waals surface area contributed by atoms with E-state index in [2.05, 4.69) is 5.32 Å². The molecule has 0 bridgehead atoms. The van der Waals surface area contributed by atoms with E-state index in [9.17, 15) is 8.42 Å². The number of sulfonamides is 1. The summed E-state index contributed by atoms with van der Waals surface area (Å²) in [7, 11) is -3.41. The van der Waals surface area contributed by atoms with E-state index in [4.69, 9.17) is 0 Å². The maximum Gasteiger partial charge on any atom is 0.243 e. The van der Waals surface area contributed by atoms with E-state index in [1.165, 1.54) is 10.4 Å². The molecular weight excluding hydrogens is 304 g/mol. The van der Waals surface area contributed by atoms with Gasteiger partial charge in [-0.1, -0.05) is 6.07 Å². The normalized spacial score (nSPS) is 18.1. The average Bonchev–Trinajstić information content (AvgIpc) is 3.14. The van der Waals surface area contributed by atoms with E-state index < -0.39 is 10.0 Å². The molecule has 0 fully saturated rings. The minimum absolute atomic E-state index is 0.398. The Morgan fingerprint density at radius 3 is 2.95 bits per heavy atom. The van der Waals surface area contributed by atoms with Crippen molar-refractivity contribution >= 4 is 27.0 Å². The van der Waals surface area contributed by atoms with Crippen LogP contribution >= 0.6 is 11.3 Å². The molecular formula is C15H16N2O2S2. The van der Waals surface area contributed by atoms with E-state index in [-0.39, 0.29) is 0 Å². The van der Waals surface area contributed by atoms with Crippen molar-refractivity contribution in [1.29, 1.82) is 0 Å². The Kier molecular flexibility index (Phi) is 3.06. The van der Waals surface area contributed by atoms with E-state index in [1.807, 2.05) is 17.5 Å².